The van der Waals surface area contributed by atoms with Gasteiger partial charge in [0.25, 0.3) is 0 Å². The van der Waals surface area contributed by atoms with E-state index in [9.17, 15) is 4.79 Å². The number of aromatic nitrogens is 2. The Kier molecular flexibility index (Phi) is 5.29. The van der Waals surface area contributed by atoms with Crippen LogP contribution >= 0.6 is 0 Å². The molecule has 0 unspecified atom stereocenters. The maximum Gasteiger partial charge on any atom is 0.224 e. The summed E-state index contributed by atoms with van der Waals surface area (Å²) in [4.78, 5) is 16.5. The predicted octanol–water partition coefficient (Wildman–Crippen LogP) is 4.40. The average Bonchev–Trinajstić information content (AvgIpc) is 3.28. The van der Waals surface area contributed by atoms with Gasteiger partial charge in [0.1, 0.15) is 0 Å². The number of nitrogens with one attached hydrogen (secondary N) is 1. The molecule has 1 amide bonds. The van der Waals surface area contributed by atoms with E-state index in [1.54, 1.807) is 12.5 Å². The maximum absolute atomic E-state index is 12.4. The third kappa shape index (κ3) is 4.18. The first kappa shape index (κ1) is 17.7. The summed E-state index contributed by atoms with van der Waals surface area (Å²) in [5.41, 5.74) is 5.40. The van der Waals surface area contributed by atoms with E-state index >= 15 is 0 Å². The number of nitrogens with zero attached hydrogens (tertiary/aromatic N) is 2. The van der Waals surface area contributed by atoms with Crippen LogP contribution in [0.5, 0.6) is 0 Å². The van der Waals surface area contributed by atoms with Crippen LogP contribution < -0.4 is 5.32 Å². The molecule has 3 aromatic carbocycles. The minimum Gasteiger partial charge on any atom is -0.352 e. The SMILES string of the molecule is O=C(Cc1ccc(-c2ccccc2)cc1)NCc1ccccc1-n1ccnc1. The first-order chi connectivity index (χ1) is 13.8. The Morgan fingerprint density at radius 1 is 0.857 bits per heavy atom. The van der Waals surface area contributed by atoms with Crippen LogP contribution in [-0.2, 0) is 17.8 Å². The number of hydrogen-bond acceptors (Lipinski definition) is 2. The Labute approximate surface area is 164 Å². The zero-order chi connectivity index (χ0) is 19.2. The Hall–Kier alpha value is -3.66. The summed E-state index contributed by atoms with van der Waals surface area (Å²) in [5, 5.41) is 3.02. The molecule has 4 rings (SSSR count). The first-order valence-corrected chi connectivity index (χ1v) is 9.27. The molecule has 0 saturated heterocycles. The summed E-state index contributed by atoms with van der Waals surface area (Å²) in [7, 11) is 0. The van der Waals surface area contributed by atoms with Crippen molar-refractivity contribution in [1.82, 2.24) is 14.9 Å². The van der Waals surface area contributed by atoms with Crippen molar-refractivity contribution in [1.29, 1.82) is 0 Å². The van der Waals surface area contributed by atoms with Crippen LogP contribution in [0.3, 0.4) is 0 Å². The largest absolute Gasteiger partial charge is 0.352 e. The van der Waals surface area contributed by atoms with Crippen LogP contribution in [0.1, 0.15) is 11.1 Å². The highest BCUT2D eigenvalue weighted by Crippen LogP contribution is 2.19. The standard InChI is InChI=1S/C24H21N3O/c28-24(16-19-10-12-21(13-11-19)20-6-2-1-3-7-20)26-17-22-8-4-5-9-23(22)27-15-14-25-18-27/h1-15,18H,16-17H2,(H,26,28). The normalized spacial score (nSPS) is 10.6. The molecule has 138 valence electrons. The van der Waals surface area contributed by atoms with Crippen molar-refractivity contribution in [3.8, 4) is 16.8 Å². The van der Waals surface area contributed by atoms with Gasteiger partial charge in [-0.05, 0) is 28.3 Å². The fourth-order valence-corrected chi connectivity index (χ4v) is 3.20. The van der Waals surface area contributed by atoms with Gasteiger partial charge in [0.15, 0.2) is 0 Å². The highest BCUT2D eigenvalue weighted by Gasteiger charge is 2.07. The Morgan fingerprint density at radius 2 is 1.57 bits per heavy atom. The summed E-state index contributed by atoms with van der Waals surface area (Å²) in [6, 6.07) is 26.4. The van der Waals surface area contributed by atoms with Crippen molar-refractivity contribution < 1.29 is 4.79 Å². The molecule has 0 bridgehead atoms. The second-order valence-corrected chi connectivity index (χ2v) is 6.62. The number of amides is 1. The fraction of sp³-hybridized carbons (Fsp3) is 0.0833. The minimum atomic E-state index is 0.00731. The van der Waals surface area contributed by atoms with Crippen molar-refractivity contribution >= 4 is 5.91 Å². The molecule has 0 atom stereocenters. The topological polar surface area (TPSA) is 46.9 Å². The molecule has 0 aliphatic heterocycles. The summed E-state index contributed by atoms with van der Waals surface area (Å²) >= 11 is 0. The second-order valence-electron chi connectivity index (χ2n) is 6.62. The zero-order valence-corrected chi connectivity index (χ0v) is 15.5. The number of carbonyl (C=O) groups is 1. The summed E-state index contributed by atoms with van der Waals surface area (Å²) in [6.45, 7) is 0.481. The summed E-state index contributed by atoms with van der Waals surface area (Å²) in [6.07, 6.45) is 5.76. The molecule has 4 heteroatoms. The van der Waals surface area contributed by atoms with E-state index in [0.29, 0.717) is 13.0 Å². The molecule has 0 aliphatic rings. The van der Waals surface area contributed by atoms with Crippen molar-refractivity contribution in [2.75, 3.05) is 0 Å². The van der Waals surface area contributed by atoms with Gasteiger partial charge in [0.05, 0.1) is 18.4 Å². The molecule has 4 nitrogen and oxygen atoms in total. The second kappa shape index (κ2) is 8.35. The predicted molar refractivity (Wildman–Crippen MR) is 111 cm³/mol. The van der Waals surface area contributed by atoms with E-state index in [0.717, 1.165) is 22.4 Å². The van der Waals surface area contributed by atoms with E-state index < -0.39 is 0 Å². The molecule has 4 aromatic rings. The van der Waals surface area contributed by atoms with E-state index in [1.165, 1.54) is 5.56 Å². The molecule has 0 radical (unpaired) electrons. The lowest BCUT2D eigenvalue weighted by Gasteiger charge is -2.11. The van der Waals surface area contributed by atoms with E-state index in [1.807, 2.05) is 65.4 Å². The third-order valence-corrected chi connectivity index (χ3v) is 4.68. The molecule has 1 aromatic heterocycles. The number of para-hydroxylation sites is 1. The van der Waals surface area contributed by atoms with Crippen molar-refractivity contribution in [3.05, 3.63) is 109 Å². The molecule has 0 saturated carbocycles. The molecule has 28 heavy (non-hydrogen) atoms. The Balaban J connectivity index is 1.38. The molecule has 1 heterocycles. The smallest absolute Gasteiger partial charge is 0.224 e. The van der Waals surface area contributed by atoms with Gasteiger partial charge >= 0.3 is 0 Å². The zero-order valence-electron chi connectivity index (χ0n) is 15.5. The van der Waals surface area contributed by atoms with Gasteiger partial charge in [-0.1, -0.05) is 72.8 Å². The number of hydrogen-bond donors (Lipinski definition) is 1. The first-order valence-electron chi connectivity index (χ1n) is 9.27. The van der Waals surface area contributed by atoms with Crippen molar-refractivity contribution in [2.45, 2.75) is 13.0 Å². The van der Waals surface area contributed by atoms with Gasteiger partial charge in [0, 0.05) is 18.9 Å². The fourth-order valence-electron chi connectivity index (χ4n) is 3.20. The summed E-state index contributed by atoms with van der Waals surface area (Å²) < 4.78 is 1.95. The van der Waals surface area contributed by atoms with E-state index in [2.05, 4.69) is 34.6 Å². The highest BCUT2D eigenvalue weighted by atomic mass is 16.1. The van der Waals surface area contributed by atoms with Crippen LogP contribution in [0.25, 0.3) is 16.8 Å². The van der Waals surface area contributed by atoms with Gasteiger partial charge in [-0.15, -0.1) is 0 Å². The molecular weight excluding hydrogens is 346 g/mol. The van der Waals surface area contributed by atoms with Gasteiger partial charge in [-0.2, -0.15) is 0 Å². The number of benzene rings is 3. The third-order valence-electron chi connectivity index (χ3n) is 4.68. The Morgan fingerprint density at radius 3 is 2.32 bits per heavy atom. The van der Waals surface area contributed by atoms with Crippen LogP contribution in [0, 0.1) is 0 Å². The lowest BCUT2D eigenvalue weighted by Crippen LogP contribution is -2.25. The molecule has 0 fully saturated rings. The lowest BCUT2D eigenvalue weighted by molar-refractivity contribution is -0.120. The molecule has 0 spiro atoms. The number of imidazole rings is 1. The van der Waals surface area contributed by atoms with Gasteiger partial charge in [-0.25, -0.2) is 4.98 Å². The van der Waals surface area contributed by atoms with E-state index in [-0.39, 0.29) is 5.91 Å². The lowest BCUT2D eigenvalue weighted by atomic mass is 10.0. The van der Waals surface area contributed by atoms with Gasteiger partial charge in [0.2, 0.25) is 5.91 Å². The number of rotatable bonds is 6. The average molecular weight is 367 g/mol. The highest BCUT2D eigenvalue weighted by molar-refractivity contribution is 5.79. The van der Waals surface area contributed by atoms with Crippen LogP contribution in [-0.4, -0.2) is 15.5 Å². The van der Waals surface area contributed by atoms with Crippen LogP contribution in [0.4, 0.5) is 0 Å². The van der Waals surface area contributed by atoms with Crippen LogP contribution in [0.15, 0.2) is 97.6 Å². The van der Waals surface area contributed by atoms with Gasteiger partial charge < -0.3 is 9.88 Å². The minimum absolute atomic E-state index is 0.00731. The molecule has 1 N–H and O–H groups in total. The molecule has 0 aliphatic carbocycles. The molecular formula is C24H21N3O. The quantitative estimate of drug-likeness (QED) is 0.549. The van der Waals surface area contributed by atoms with Crippen molar-refractivity contribution in [2.24, 2.45) is 0 Å². The summed E-state index contributed by atoms with van der Waals surface area (Å²) in [5.74, 6) is 0.00731. The maximum atomic E-state index is 12.4. The van der Waals surface area contributed by atoms with Crippen molar-refractivity contribution in [3.63, 3.8) is 0 Å². The van der Waals surface area contributed by atoms with E-state index in [4.69, 9.17) is 0 Å². The van der Waals surface area contributed by atoms with Gasteiger partial charge in [-0.3, -0.25) is 4.79 Å². The van der Waals surface area contributed by atoms with Crippen LogP contribution in [0.2, 0.25) is 0 Å². The Bertz CT molecular complexity index is 1040. The monoisotopic (exact) mass is 367 g/mol. The number of carbonyl (C=O) groups excluding carboxylic acids is 1.